The summed E-state index contributed by atoms with van der Waals surface area (Å²) in [6.45, 7) is 9.24. The van der Waals surface area contributed by atoms with Gasteiger partial charge in [0.15, 0.2) is 0 Å². The van der Waals surface area contributed by atoms with Gasteiger partial charge >= 0.3 is 0 Å². The fraction of sp³-hybridized carbons (Fsp3) is 0.304. The smallest absolute Gasteiger partial charge is 0.209 e. The summed E-state index contributed by atoms with van der Waals surface area (Å²) in [6.07, 6.45) is 8.93. The molecule has 0 aliphatic rings. The quantitative estimate of drug-likeness (QED) is 0.514. The summed E-state index contributed by atoms with van der Waals surface area (Å²) in [5.74, 6) is 0. The minimum Gasteiger partial charge on any atom is -0.349 e. The normalized spacial score (nSPS) is 11.8. The van der Waals surface area contributed by atoms with E-state index in [1.165, 1.54) is 34.3 Å². The van der Waals surface area contributed by atoms with Crippen molar-refractivity contribution in [1.29, 1.82) is 0 Å². The zero-order valence-electron chi connectivity index (χ0n) is 16.3. The second-order valence-corrected chi connectivity index (χ2v) is 6.72. The Morgan fingerprint density at radius 3 is 2.36 bits per heavy atom. The van der Waals surface area contributed by atoms with E-state index in [1.54, 1.807) is 0 Å². The molecule has 2 rings (SSSR count). The van der Waals surface area contributed by atoms with Crippen molar-refractivity contribution in [3.8, 4) is 0 Å². The molecule has 0 aromatic heterocycles. The molecule has 2 aromatic carbocycles. The Balaban J connectivity index is 2.33. The Kier molecular flexibility index (Phi) is 7.12. The first kappa shape index (κ1) is 19.1. The first-order valence-electron chi connectivity index (χ1n) is 9.27. The highest BCUT2D eigenvalue weighted by molar-refractivity contribution is 6.85. The number of para-hydroxylation sites is 1. The molecular weight excluding hydrogens is 301 g/mol. The van der Waals surface area contributed by atoms with Gasteiger partial charge in [0, 0.05) is 18.4 Å². The van der Waals surface area contributed by atoms with Crippen LogP contribution in [0.25, 0.3) is 0 Å². The third-order valence-electron chi connectivity index (χ3n) is 4.88. The van der Waals surface area contributed by atoms with Gasteiger partial charge in [-0.1, -0.05) is 91.3 Å². The fourth-order valence-electron chi connectivity index (χ4n) is 3.17. The molecule has 2 heteroatoms. The first-order valence-corrected chi connectivity index (χ1v) is 9.27. The molecular formula is C23H30BN. The van der Waals surface area contributed by atoms with Crippen molar-refractivity contribution in [3.05, 3.63) is 78.0 Å². The SMILES string of the molecule is CCC/C=C\C=C(/C)N(C)c1ccccc1B(C)c1ccccc1C. The van der Waals surface area contributed by atoms with Crippen LogP contribution in [-0.4, -0.2) is 13.8 Å². The Labute approximate surface area is 154 Å². The molecule has 0 fully saturated rings. The monoisotopic (exact) mass is 331 g/mol. The van der Waals surface area contributed by atoms with Crippen LogP contribution in [0, 0.1) is 6.92 Å². The van der Waals surface area contributed by atoms with Crippen molar-refractivity contribution in [2.24, 2.45) is 0 Å². The molecule has 0 atom stereocenters. The largest absolute Gasteiger partial charge is 0.349 e. The lowest BCUT2D eigenvalue weighted by Crippen LogP contribution is -2.43. The summed E-state index contributed by atoms with van der Waals surface area (Å²) in [6, 6.07) is 17.4. The molecule has 0 aliphatic carbocycles. The van der Waals surface area contributed by atoms with E-state index in [4.69, 9.17) is 0 Å². The molecule has 25 heavy (non-hydrogen) atoms. The van der Waals surface area contributed by atoms with Gasteiger partial charge in [-0.25, -0.2) is 0 Å². The molecule has 0 saturated heterocycles. The summed E-state index contributed by atoms with van der Waals surface area (Å²) >= 11 is 0. The van der Waals surface area contributed by atoms with Gasteiger partial charge in [-0.15, -0.1) is 0 Å². The molecule has 0 radical (unpaired) electrons. The molecule has 0 N–H and O–H groups in total. The van der Waals surface area contributed by atoms with Crippen molar-refractivity contribution in [2.75, 3.05) is 11.9 Å². The van der Waals surface area contributed by atoms with Gasteiger partial charge in [-0.3, -0.25) is 0 Å². The lowest BCUT2D eigenvalue weighted by molar-refractivity contribution is 0.958. The van der Waals surface area contributed by atoms with Crippen molar-refractivity contribution < 1.29 is 0 Å². The van der Waals surface area contributed by atoms with Gasteiger partial charge in [0.05, 0.1) is 0 Å². The maximum Gasteiger partial charge on any atom is 0.209 e. The molecule has 0 aliphatic heterocycles. The standard InChI is InChI=1S/C23H30BN/c1-6-7-8-9-15-20(3)25(5)23-18-13-12-17-22(23)24(4)21-16-11-10-14-19(21)2/h8-18H,6-7H2,1-5H3/b9-8-,20-15+. The minimum atomic E-state index is 0.364. The summed E-state index contributed by atoms with van der Waals surface area (Å²) in [5, 5.41) is 0. The number of allylic oxidation sites excluding steroid dienone is 4. The van der Waals surface area contributed by atoms with Crippen molar-refractivity contribution in [2.45, 2.75) is 40.4 Å². The molecule has 0 amide bonds. The van der Waals surface area contributed by atoms with E-state index in [2.05, 4.69) is 106 Å². The lowest BCUT2D eigenvalue weighted by atomic mass is 9.41. The second-order valence-electron chi connectivity index (χ2n) is 6.72. The van der Waals surface area contributed by atoms with Crippen LogP contribution < -0.4 is 15.8 Å². The number of hydrogen-bond donors (Lipinski definition) is 0. The Bertz CT molecular complexity index is 745. The van der Waals surface area contributed by atoms with Crippen LogP contribution in [-0.2, 0) is 0 Å². The van der Waals surface area contributed by atoms with E-state index < -0.39 is 0 Å². The van der Waals surface area contributed by atoms with Crippen molar-refractivity contribution >= 4 is 23.3 Å². The highest BCUT2D eigenvalue weighted by Gasteiger charge is 2.19. The predicted octanol–water partition coefficient (Wildman–Crippen LogP) is 4.93. The van der Waals surface area contributed by atoms with Gasteiger partial charge in [-0.2, -0.15) is 0 Å². The van der Waals surface area contributed by atoms with Crippen molar-refractivity contribution in [3.63, 3.8) is 0 Å². The second kappa shape index (κ2) is 9.32. The third-order valence-corrected chi connectivity index (χ3v) is 4.88. The summed E-state index contributed by atoms with van der Waals surface area (Å²) < 4.78 is 0. The number of anilines is 1. The molecule has 0 unspecified atom stereocenters. The van der Waals surface area contributed by atoms with Gasteiger partial charge in [0.1, 0.15) is 0 Å². The van der Waals surface area contributed by atoms with Gasteiger partial charge < -0.3 is 4.90 Å². The highest BCUT2D eigenvalue weighted by Crippen LogP contribution is 2.16. The van der Waals surface area contributed by atoms with Crippen molar-refractivity contribution in [1.82, 2.24) is 0 Å². The maximum atomic E-state index is 2.30. The van der Waals surface area contributed by atoms with E-state index in [9.17, 15) is 0 Å². The van der Waals surface area contributed by atoms with Gasteiger partial charge in [0.2, 0.25) is 6.71 Å². The number of hydrogen-bond acceptors (Lipinski definition) is 1. The summed E-state index contributed by atoms with van der Waals surface area (Å²) in [7, 11) is 2.16. The van der Waals surface area contributed by atoms with E-state index in [0.29, 0.717) is 6.71 Å². The molecule has 0 spiro atoms. The molecule has 1 nitrogen and oxygen atoms in total. The van der Waals surface area contributed by atoms with Crippen LogP contribution in [0.15, 0.2) is 72.5 Å². The lowest BCUT2D eigenvalue weighted by Gasteiger charge is -2.25. The number of benzene rings is 2. The van der Waals surface area contributed by atoms with Crippen LogP contribution in [0.1, 0.15) is 32.3 Å². The topological polar surface area (TPSA) is 3.24 Å². The molecule has 0 saturated carbocycles. The zero-order valence-corrected chi connectivity index (χ0v) is 16.3. The predicted molar refractivity (Wildman–Crippen MR) is 115 cm³/mol. The third kappa shape index (κ3) is 4.88. The van der Waals surface area contributed by atoms with Crippen LogP contribution >= 0.6 is 0 Å². The highest BCUT2D eigenvalue weighted by atomic mass is 15.1. The van der Waals surface area contributed by atoms with Gasteiger partial charge in [0.25, 0.3) is 0 Å². The molecule has 130 valence electrons. The van der Waals surface area contributed by atoms with Crippen LogP contribution in [0.4, 0.5) is 5.69 Å². The first-order chi connectivity index (χ1) is 12.1. The Morgan fingerprint density at radius 2 is 1.68 bits per heavy atom. The summed E-state index contributed by atoms with van der Waals surface area (Å²) in [4.78, 5) is 2.29. The number of unbranched alkanes of at least 4 members (excludes halogenated alkanes) is 1. The average molecular weight is 331 g/mol. The van der Waals surface area contributed by atoms with Crippen LogP contribution in [0.2, 0.25) is 6.82 Å². The van der Waals surface area contributed by atoms with Crippen LogP contribution in [0.5, 0.6) is 0 Å². The molecule has 0 heterocycles. The maximum absolute atomic E-state index is 2.30. The Morgan fingerprint density at radius 1 is 1.04 bits per heavy atom. The average Bonchev–Trinajstić information content (AvgIpc) is 2.64. The van der Waals surface area contributed by atoms with E-state index in [1.807, 2.05) is 0 Å². The summed E-state index contributed by atoms with van der Waals surface area (Å²) in [5.41, 5.74) is 6.63. The van der Waals surface area contributed by atoms with Gasteiger partial charge in [-0.05, 0) is 32.4 Å². The molecule has 2 aromatic rings. The minimum absolute atomic E-state index is 0.364. The molecule has 0 bridgehead atoms. The fourth-order valence-corrected chi connectivity index (χ4v) is 3.17. The number of nitrogens with zero attached hydrogens (tertiary/aromatic N) is 1. The van der Waals surface area contributed by atoms with E-state index >= 15 is 0 Å². The van der Waals surface area contributed by atoms with E-state index in [-0.39, 0.29) is 0 Å². The Hall–Kier alpha value is -2.22. The van der Waals surface area contributed by atoms with E-state index in [0.717, 1.165) is 6.42 Å². The number of rotatable bonds is 7. The van der Waals surface area contributed by atoms with Crippen LogP contribution in [0.3, 0.4) is 0 Å². The zero-order chi connectivity index (χ0) is 18.2. The number of aryl methyl sites for hydroxylation is 1.